The molecule has 1 aliphatic carbocycles. The molecule has 1 aromatic carbocycles. The van der Waals surface area contributed by atoms with Gasteiger partial charge in [-0.05, 0) is 49.3 Å². The minimum Gasteiger partial charge on any atom is -0.307 e. The SMILES string of the molecule is CC1Cc2cccc3c2C(CCC3)N1. The zero-order chi connectivity index (χ0) is 9.54. The van der Waals surface area contributed by atoms with Gasteiger partial charge in [0.2, 0.25) is 0 Å². The van der Waals surface area contributed by atoms with E-state index in [1.807, 2.05) is 0 Å². The molecule has 0 amide bonds. The van der Waals surface area contributed by atoms with E-state index >= 15 is 0 Å². The van der Waals surface area contributed by atoms with Gasteiger partial charge >= 0.3 is 0 Å². The van der Waals surface area contributed by atoms with E-state index in [-0.39, 0.29) is 0 Å². The van der Waals surface area contributed by atoms with Gasteiger partial charge in [0.25, 0.3) is 0 Å². The Hall–Kier alpha value is -0.820. The van der Waals surface area contributed by atoms with Gasteiger partial charge in [0.05, 0.1) is 0 Å². The molecule has 2 aliphatic rings. The first-order chi connectivity index (χ1) is 6.84. The quantitative estimate of drug-likeness (QED) is 0.658. The van der Waals surface area contributed by atoms with E-state index in [0.717, 1.165) is 0 Å². The van der Waals surface area contributed by atoms with E-state index in [0.29, 0.717) is 12.1 Å². The molecule has 1 nitrogen and oxygen atoms in total. The van der Waals surface area contributed by atoms with Gasteiger partial charge in [-0.2, -0.15) is 0 Å². The van der Waals surface area contributed by atoms with E-state index in [1.54, 1.807) is 16.7 Å². The van der Waals surface area contributed by atoms with Crippen LogP contribution in [0.4, 0.5) is 0 Å². The second-order valence-corrected chi connectivity index (χ2v) is 4.71. The molecule has 2 unspecified atom stereocenters. The van der Waals surface area contributed by atoms with E-state index in [9.17, 15) is 0 Å². The number of hydrogen-bond acceptors (Lipinski definition) is 1. The van der Waals surface area contributed by atoms with Crippen LogP contribution < -0.4 is 5.32 Å². The van der Waals surface area contributed by atoms with Crippen molar-refractivity contribution in [1.82, 2.24) is 5.32 Å². The zero-order valence-electron chi connectivity index (χ0n) is 8.72. The van der Waals surface area contributed by atoms with Crippen LogP contribution in [0.5, 0.6) is 0 Å². The van der Waals surface area contributed by atoms with Crippen LogP contribution in [0.25, 0.3) is 0 Å². The summed E-state index contributed by atoms with van der Waals surface area (Å²) in [7, 11) is 0. The summed E-state index contributed by atoms with van der Waals surface area (Å²) < 4.78 is 0. The molecule has 0 fully saturated rings. The van der Waals surface area contributed by atoms with E-state index in [2.05, 4.69) is 30.4 Å². The Morgan fingerprint density at radius 1 is 1.29 bits per heavy atom. The summed E-state index contributed by atoms with van der Waals surface area (Å²) in [5, 5.41) is 3.71. The van der Waals surface area contributed by atoms with Crippen molar-refractivity contribution < 1.29 is 0 Å². The van der Waals surface area contributed by atoms with Gasteiger partial charge in [-0.1, -0.05) is 18.2 Å². The lowest BCUT2D eigenvalue weighted by Gasteiger charge is -2.36. The molecule has 2 atom stereocenters. The fraction of sp³-hybridized carbons (Fsp3) is 0.538. The van der Waals surface area contributed by atoms with Gasteiger partial charge in [0.1, 0.15) is 0 Å². The predicted octanol–water partition coefficient (Wildman–Crippen LogP) is 2.60. The van der Waals surface area contributed by atoms with E-state index in [4.69, 9.17) is 0 Å². The van der Waals surface area contributed by atoms with Gasteiger partial charge in [-0.15, -0.1) is 0 Å². The van der Waals surface area contributed by atoms with Gasteiger partial charge < -0.3 is 5.32 Å². The topological polar surface area (TPSA) is 12.0 Å². The highest BCUT2D eigenvalue weighted by atomic mass is 15.0. The third-order valence-corrected chi connectivity index (χ3v) is 3.59. The van der Waals surface area contributed by atoms with Crippen LogP contribution >= 0.6 is 0 Å². The minimum absolute atomic E-state index is 0.652. The summed E-state index contributed by atoms with van der Waals surface area (Å²) in [6.45, 7) is 2.30. The summed E-state index contributed by atoms with van der Waals surface area (Å²) >= 11 is 0. The van der Waals surface area contributed by atoms with Gasteiger partial charge in [0.15, 0.2) is 0 Å². The first kappa shape index (κ1) is 8.49. The van der Waals surface area contributed by atoms with Crippen LogP contribution in [-0.2, 0) is 12.8 Å². The Balaban J connectivity index is 2.14. The fourth-order valence-corrected chi connectivity index (χ4v) is 3.05. The minimum atomic E-state index is 0.652. The van der Waals surface area contributed by atoms with Crippen LogP contribution in [0.1, 0.15) is 42.5 Å². The average Bonchev–Trinajstić information content (AvgIpc) is 2.18. The van der Waals surface area contributed by atoms with Crippen LogP contribution in [-0.4, -0.2) is 6.04 Å². The van der Waals surface area contributed by atoms with Crippen molar-refractivity contribution in [1.29, 1.82) is 0 Å². The Morgan fingerprint density at radius 2 is 2.14 bits per heavy atom. The van der Waals surface area contributed by atoms with Crippen LogP contribution in [0.15, 0.2) is 18.2 Å². The predicted molar refractivity (Wildman–Crippen MR) is 58.4 cm³/mol. The number of rotatable bonds is 0. The second-order valence-electron chi connectivity index (χ2n) is 4.71. The maximum absolute atomic E-state index is 3.71. The van der Waals surface area contributed by atoms with Gasteiger partial charge in [0, 0.05) is 12.1 Å². The number of nitrogens with one attached hydrogen (secondary N) is 1. The molecule has 74 valence electrons. The lowest BCUT2D eigenvalue weighted by molar-refractivity contribution is 0.380. The van der Waals surface area contributed by atoms with Crippen LogP contribution in [0.3, 0.4) is 0 Å². The summed E-state index contributed by atoms with van der Waals surface area (Å²) in [6, 6.07) is 8.16. The molecule has 0 saturated heterocycles. The summed E-state index contributed by atoms with van der Waals surface area (Å²) in [5.74, 6) is 0. The molecule has 0 aromatic heterocycles. The highest BCUT2D eigenvalue weighted by molar-refractivity contribution is 5.41. The molecular formula is C13H17N. The van der Waals surface area contributed by atoms with Crippen molar-refractivity contribution in [3.63, 3.8) is 0 Å². The summed E-state index contributed by atoms with van der Waals surface area (Å²) in [4.78, 5) is 0. The first-order valence-electron chi connectivity index (χ1n) is 5.71. The Labute approximate surface area is 85.5 Å². The highest BCUT2D eigenvalue weighted by Gasteiger charge is 2.28. The van der Waals surface area contributed by atoms with Crippen LogP contribution in [0, 0.1) is 0 Å². The van der Waals surface area contributed by atoms with Crippen molar-refractivity contribution in [2.75, 3.05) is 0 Å². The molecule has 0 radical (unpaired) electrons. The van der Waals surface area contributed by atoms with Crippen molar-refractivity contribution in [2.45, 2.75) is 44.7 Å². The van der Waals surface area contributed by atoms with E-state index in [1.165, 1.54) is 25.7 Å². The summed E-state index contributed by atoms with van der Waals surface area (Å²) in [6.07, 6.45) is 5.17. The molecule has 1 heteroatoms. The van der Waals surface area contributed by atoms with E-state index < -0.39 is 0 Å². The largest absolute Gasteiger partial charge is 0.307 e. The Kier molecular flexibility index (Phi) is 1.88. The molecule has 1 aromatic rings. The fourth-order valence-electron chi connectivity index (χ4n) is 3.05. The Morgan fingerprint density at radius 3 is 3.07 bits per heavy atom. The molecular weight excluding hydrogens is 170 g/mol. The number of aryl methyl sites for hydroxylation is 1. The highest BCUT2D eigenvalue weighted by Crippen LogP contribution is 2.35. The maximum atomic E-state index is 3.71. The molecule has 0 saturated carbocycles. The first-order valence-corrected chi connectivity index (χ1v) is 5.71. The second kappa shape index (κ2) is 3.09. The maximum Gasteiger partial charge on any atom is 0.0328 e. The van der Waals surface area contributed by atoms with Crippen molar-refractivity contribution in [2.24, 2.45) is 0 Å². The lowest BCUT2D eigenvalue weighted by atomic mass is 9.80. The Bertz CT molecular complexity index is 356. The van der Waals surface area contributed by atoms with Crippen molar-refractivity contribution >= 4 is 0 Å². The normalized spacial score (nSPS) is 29.8. The molecule has 1 aliphatic heterocycles. The van der Waals surface area contributed by atoms with Gasteiger partial charge in [-0.3, -0.25) is 0 Å². The standard InChI is InChI=1S/C13H17N/c1-9-8-11-6-2-4-10-5-3-7-12(14-9)13(10)11/h2,4,6,9,12,14H,3,5,7-8H2,1H3. The molecule has 3 rings (SSSR count). The lowest BCUT2D eigenvalue weighted by Crippen LogP contribution is -2.39. The zero-order valence-corrected chi connectivity index (χ0v) is 8.72. The summed E-state index contributed by atoms with van der Waals surface area (Å²) in [5.41, 5.74) is 4.83. The molecule has 1 N–H and O–H groups in total. The van der Waals surface area contributed by atoms with Gasteiger partial charge in [-0.25, -0.2) is 0 Å². The molecule has 14 heavy (non-hydrogen) atoms. The van der Waals surface area contributed by atoms with Crippen molar-refractivity contribution in [3.05, 3.63) is 34.9 Å². The monoisotopic (exact) mass is 187 g/mol. The smallest absolute Gasteiger partial charge is 0.0328 e. The number of benzene rings is 1. The molecule has 0 spiro atoms. The van der Waals surface area contributed by atoms with Crippen LogP contribution in [0.2, 0.25) is 0 Å². The third kappa shape index (κ3) is 1.19. The molecule has 1 heterocycles. The third-order valence-electron chi connectivity index (χ3n) is 3.59. The molecule has 0 bridgehead atoms. The number of hydrogen-bond donors (Lipinski definition) is 1. The van der Waals surface area contributed by atoms with Crippen molar-refractivity contribution in [3.8, 4) is 0 Å². The average molecular weight is 187 g/mol.